The van der Waals surface area contributed by atoms with Crippen LogP contribution in [0.15, 0.2) is 46.9 Å². The summed E-state index contributed by atoms with van der Waals surface area (Å²) in [7, 11) is 0. The molecule has 100 valence electrons. The fraction of sp³-hybridized carbons (Fsp3) is 0.200. The van der Waals surface area contributed by atoms with Crippen molar-refractivity contribution in [3.05, 3.63) is 63.1 Å². The zero-order valence-corrected chi connectivity index (χ0v) is 14.3. The number of halogens is 3. The molecule has 19 heavy (non-hydrogen) atoms. The van der Waals surface area contributed by atoms with E-state index in [1.807, 2.05) is 37.3 Å². The molecule has 0 bridgehead atoms. The summed E-state index contributed by atoms with van der Waals surface area (Å²) < 4.78 is 6.44. The summed E-state index contributed by atoms with van der Waals surface area (Å²) in [4.78, 5) is 0.120. The molecule has 0 amide bonds. The monoisotopic (exact) mass is 402 g/mol. The summed E-state index contributed by atoms with van der Waals surface area (Å²) in [6.45, 7) is 2.66. The van der Waals surface area contributed by atoms with Crippen LogP contribution >= 0.6 is 43.5 Å². The molecule has 4 heteroatoms. The highest BCUT2D eigenvalue weighted by atomic mass is 79.9. The van der Waals surface area contributed by atoms with Crippen LogP contribution in [0.4, 0.5) is 0 Å². The van der Waals surface area contributed by atoms with E-state index in [4.69, 9.17) is 16.3 Å². The van der Waals surface area contributed by atoms with Crippen molar-refractivity contribution in [1.29, 1.82) is 0 Å². The van der Waals surface area contributed by atoms with Crippen molar-refractivity contribution < 1.29 is 4.74 Å². The third-order valence-electron chi connectivity index (χ3n) is 2.72. The van der Waals surface area contributed by atoms with Gasteiger partial charge in [0.1, 0.15) is 5.75 Å². The standard InChI is InChI=1S/C15H13Br2ClO/c1-2-19-12-6-3-10(4-7-12)15(17)13-8-5-11(18)9-14(13)16/h3-9,15H,2H2,1H3. The van der Waals surface area contributed by atoms with Gasteiger partial charge in [0.15, 0.2) is 0 Å². The van der Waals surface area contributed by atoms with Crippen LogP contribution in [0, 0.1) is 0 Å². The van der Waals surface area contributed by atoms with Gasteiger partial charge in [0.05, 0.1) is 11.4 Å². The second kappa shape index (κ2) is 6.78. The number of rotatable bonds is 4. The molecule has 2 rings (SSSR count). The molecule has 0 N–H and O–H groups in total. The number of hydrogen-bond donors (Lipinski definition) is 0. The van der Waals surface area contributed by atoms with Crippen LogP contribution in [0.5, 0.6) is 5.75 Å². The normalized spacial score (nSPS) is 12.2. The quantitative estimate of drug-likeness (QED) is 0.569. The molecule has 0 heterocycles. The lowest BCUT2D eigenvalue weighted by Crippen LogP contribution is -1.95. The number of hydrogen-bond acceptors (Lipinski definition) is 1. The second-order valence-electron chi connectivity index (χ2n) is 4.03. The summed E-state index contributed by atoms with van der Waals surface area (Å²) in [5.74, 6) is 0.890. The van der Waals surface area contributed by atoms with Gasteiger partial charge in [-0.15, -0.1) is 0 Å². The van der Waals surface area contributed by atoms with Crippen LogP contribution in [0.1, 0.15) is 22.9 Å². The summed E-state index contributed by atoms with van der Waals surface area (Å²) in [5, 5.41) is 0.724. The van der Waals surface area contributed by atoms with Crippen LogP contribution in [-0.2, 0) is 0 Å². The number of ether oxygens (including phenoxy) is 1. The average Bonchev–Trinajstić information content (AvgIpc) is 2.39. The van der Waals surface area contributed by atoms with Crippen LogP contribution in [-0.4, -0.2) is 6.61 Å². The molecule has 1 unspecified atom stereocenters. The van der Waals surface area contributed by atoms with Gasteiger partial charge in [-0.3, -0.25) is 0 Å². The van der Waals surface area contributed by atoms with Crippen molar-refractivity contribution in [3.8, 4) is 5.75 Å². The highest BCUT2D eigenvalue weighted by Crippen LogP contribution is 2.36. The first-order valence-corrected chi connectivity index (χ1v) is 8.02. The first-order valence-electron chi connectivity index (χ1n) is 5.93. The van der Waals surface area contributed by atoms with Gasteiger partial charge in [-0.2, -0.15) is 0 Å². The Bertz CT molecular complexity index is 555. The predicted octanol–water partition coefficient (Wildman–Crippen LogP) is 5.99. The van der Waals surface area contributed by atoms with Crippen LogP contribution < -0.4 is 4.74 Å². The third kappa shape index (κ3) is 3.74. The molecule has 0 saturated carbocycles. The van der Waals surface area contributed by atoms with Crippen LogP contribution in [0.25, 0.3) is 0 Å². The summed E-state index contributed by atoms with van der Waals surface area (Å²) in [6.07, 6.45) is 0. The van der Waals surface area contributed by atoms with E-state index in [0.717, 1.165) is 20.8 Å². The van der Waals surface area contributed by atoms with Gasteiger partial charge in [-0.05, 0) is 42.3 Å². The third-order valence-corrected chi connectivity index (χ3v) is 4.66. The van der Waals surface area contributed by atoms with Gasteiger partial charge in [0.25, 0.3) is 0 Å². The van der Waals surface area contributed by atoms with Crippen molar-refractivity contribution in [2.45, 2.75) is 11.8 Å². The Hall–Kier alpha value is -0.510. The molecule has 0 aliphatic carbocycles. The molecule has 0 aliphatic heterocycles. The van der Waals surface area contributed by atoms with Crippen molar-refractivity contribution in [1.82, 2.24) is 0 Å². The van der Waals surface area contributed by atoms with E-state index in [2.05, 4.69) is 44.0 Å². The van der Waals surface area contributed by atoms with E-state index in [0.29, 0.717) is 6.61 Å². The molecule has 0 aliphatic rings. The van der Waals surface area contributed by atoms with Crippen molar-refractivity contribution in [3.63, 3.8) is 0 Å². The number of benzene rings is 2. The molecule has 1 atom stereocenters. The lowest BCUT2D eigenvalue weighted by atomic mass is 10.0. The minimum atomic E-state index is 0.120. The second-order valence-corrected chi connectivity index (χ2v) is 6.24. The van der Waals surface area contributed by atoms with Crippen LogP contribution in [0.2, 0.25) is 5.02 Å². The Balaban J connectivity index is 2.25. The maximum atomic E-state index is 5.96. The average molecular weight is 405 g/mol. The maximum absolute atomic E-state index is 5.96. The highest BCUT2D eigenvalue weighted by Gasteiger charge is 2.13. The summed E-state index contributed by atoms with van der Waals surface area (Å²) in [5.41, 5.74) is 2.32. The van der Waals surface area contributed by atoms with E-state index in [-0.39, 0.29) is 4.83 Å². The predicted molar refractivity (Wildman–Crippen MR) is 87.5 cm³/mol. The SMILES string of the molecule is CCOc1ccc(C(Br)c2ccc(Cl)cc2Br)cc1. The first-order chi connectivity index (χ1) is 9.11. The lowest BCUT2D eigenvalue weighted by Gasteiger charge is -2.13. The fourth-order valence-corrected chi connectivity index (χ4v) is 3.71. The Morgan fingerprint density at radius 3 is 2.42 bits per heavy atom. The topological polar surface area (TPSA) is 9.23 Å². The molecule has 2 aromatic carbocycles. The van der Waals surface area contributed by atoms with Crippen molar-refractivity contribution >= 4 is 43.5 Å². The van der Waals surface area contributed by atoms with E-state index >= 15 is 0 Å². The maximum Gasteiger partial charge on any atom is 0.119 e. The van der Waals surface area contributed by atoms with E-state index in [1.165, 1.54) is 5.56 Å². The summed E-state index contributed by atoms with van der Waals surface area (Å²) in [6, 6.07) is 13.9. The van der Waals surface area contributed by atoms with E-state index in [1.54, 1.807) is 0 Å². The van der Waals surface area contributed by atoms with Gasteiger partial charge in [-0.25, -0.2) is 0 Å². The van der Waals surface area contributed by atoms with Crippen molar-refractivity contribution in [2.75, 3.05) is 6.61 Å². The largest absolute Gasteiger partial charge is 0.494 e. The molecule has 0 saturated heterocycles. The Morgan fingerprint density at radius 1 is 1.16 bits per heavy atom. The molecular formula is C15H13Br2ClO. The number of alkyl halides is 1. The molecular weight excluding hydrogens is 391 g/mol. The van der Waals surface area contributed by atoms with Crippen molar-refractivity contribution in [2.24, 2.45) is 0 Å². The fourth-order valence-electron chi connectivity index (χ4n) is 1.79. The Morgan fingerprint density at radius 2 is 1.84 bits per heavy atom. The molecule has 0 spiro atoms. The smallest absolute Gasteiger partial charge is 0.119 e. The van der Waals surface area contributed by atoms with E-state index < -0.39 is 0 Å². The minimum absolute atomic E-state index is 0.120. The zero-order chi connectivity index (χ0) is 13.8. The Kier molecular flexibility index (Phi) is 5.31. The van der Waals surface area contributed by atoms with Gasteiger partial charge in [-0.1, -0.05) is 61.7 Å². The van der Waals surface area contributed by atoms with Crippen LogP contribution in [0.3, 0.4) is 0 Å². The van der Waals surface area contributed by atoms with Gasteiger partial charge < -0.3 is 4.74 Å². The molecule has 0 aromatic heterocycles. The summed E-state index contributed by atoms with van der Waals surface area (Å²) >= 11 is 13.2. The first kappa shape index (κ1) is 14.9. The zero-order valence-electron chi connectivity index (χ0n) is 10.4. The van der Waals surface area contributed by atoms with Gasteiger partial charge in [0.2, 0.25) is 0 Å². The molecule has 2 aromatic rings. The van der Waals surface area contributed by atoms with E-state index in [9.17, 15) is 0 Å². The lowest BCUT2D eigenvalue weighted by molar-refractivity contribution is 0.340. The van der Waals surface area contributed by atoms with Gasteiger partial charge >= 0.3 is 0 Å². The Labute approximate surface area is 135 Å². The highest BCUT2D eigenvalue weighted by molar-refractivity contribution is 9.11. The molecule has 0 fully saturated rings. The molecule has 1 nitrogen and oxygen atoms in total. The minimum Gasteiger partial charge on any atom is -0.494 e. The van der Waals surface area contributed by atoms with Gasteiger partial charge in [0, 0.05) is 9.50 Å². The molecule has 0 radical (unpaired) electrons.